The van der Waals surface area contributed by atoms with Crippen LogP contribution in [0.3, 0.4) is 0 Å². The number of hydrogen-bond donors (Lipinski definition) is 0. The maximum atomic E-state index is 12.4. The summed E-state index contributed by atoms with van der Waals surface area (Å²) in [6.07, 6.45) is 2.39. The molecule has 0 heterocycles. The minimum Gasteiger partial charge on any atom is -0.362 e. The second-order valence-corrected chi connectivity index (χ2v) is 7.26. The topological polar surface area (TPSA) is 20.3 Å². The number of ketones is 1. The highest BCUT2D eigenvalue weighted by molar-refractivity contribution is 9.10. The van der Waals surface area contributed by atoms with E-state index < -0.39 is 0 Å². The zero-order valence-corrected chi connectivity index (χ0v) is 15.4. The Bertz CT molecular complexity index is 744. The molecule has 0 aromatic heterocycles. The SMILES string of the molecule is CN(C(=S)CC(=O)c1ccccc1)C1CCc2ccc(Br)cc21. The van der Waals surface area contributed by atoms with Crippen LogP contribution < -0.4 is 0 Å². The first-order chi connectivity index (χ1) is 11.1. The molecule has 0 radical (unpaired) electrons. The van der Waals surface area contributed by atoms with Crippen LogP contribution in [0.15, 0.2) is 53.0 Å². The number of benzene rings is 2. The lowest BCUT2D eigenvalue weighted by Gasteiger charge is -2.28. The lowest BCUT2D eigenvalue weighted by Crippen LogP contribution is -2.30. The van der Waals surface area contributed by atoms with E-state index in [1.807, 2.05) is 37.4 Å². The average molecular weight is 388 g/mol. The summed E-state index contributed by atoms with van der Waals surface area (Å²) < 4.78 is 1.09. The summed E-state index contributed by atoms with van der Waals surface area (Å²) in [6, 6.07) is 16.0. The molecule has 0 saturated carbocycles. The van der Waals surface area contributed by atoms with Gasteiger partial charge >= 0.3 is 0 Å². The highest BCUT2D eigenvalue weighted by atomic mass is 79.9. The van der Waals surface area contributed by atoms with Crippen molar-refractivity contribution in [3.05, 3.63) is 69.7 Å². The van der Waals surface area contributed by atoms with E-state index in [4.69, 9.17) is 12.2 Å². The first kappa shape index (κ1) is 16.3. The summed E-state index contributed by atoms with van der Waals surface area (Å²) >= 11 is 9.09. The van der Waals surface area contributed by atoms with Crippen molar-refractivity contribution in [1.29, 1.82) is 0 Å². The van der Waals surface area contributed by atoms with Crippen molar-refractivity contribution >= 4 is 38.9 Å². The number of thiocarbonyl (C=S) groups is 1. The number of carbonyl (C=O) groups is 1. The summed E-state index contributed by atoms with van der Waals surface area (Å²) in [5.41, 5.74) is 3.41. The summed E-state index contributed by atoms with van der Waals surface area (Å²) in [5.74, 6) is 0.0786. The van der Waals surface area contributed by atoms with E-state index in [1.54, 1.807) is 0 Å². The Morgan fingerprint density at radius 1 is 1.26 bits per heavy atom. The summed E-state index contributed by atoms with van der Waals surface area (Å²) in [5, 5.41) is 0. The van der Waals surface area contributed by atoms with E-state index in [-0.39, 0.29) is 18.2 Å². The first-order valence-electron chi connectivity index (χ1n) is 7.68. The average Bonchev–Trinajstić information content (AvgIpc) is 2.97. The third kappa shape index (κ3) is 3.54. The van der Waals surface area contributed by atoms with Gasteiger partial charge in [-0.2, -0.15) is 0 Å². The fourth-order valence-electron chi connectivity index (χ4n) is 3.12. The van der Waals surface area contributed by atoms with E-state index in [0.717, 1.165) is 22.9 Å². The fraction of sp³-hybridized carbons (Fsp3) is 0.263. The minimum atomic E-state index is 0.0786. The predicted octanol–water partition coefficient (Wildman–Crippen LogP) is 4.97. The molecule has 0 N–H and O–H groups in total. The molecule has 3 rings (SSSR count). The Kier molecular flexibility index (Phi) is 4.93. The molecule has 0 amide bonds. The summed E-state index contributed by atoms with van der Waals surface area (Å²) in [7, 11) is 2.00. The number of hydrogen-bond acceptors (Lipinski definition) is 2. The molecule has 1 aliphatic carbocycles. The second kappa shape index (κ2) is 6.93. The van der Waals surface area contributed by atoms with Crippen molar-refractivity contribution in [2.45, 2.75) is 25.3 Å². The summed E-state index contributed by atoms with van der Waals surface area (Å²) in [4.78, 5) is 15.1. The molecule has 0 fully saturated rings. The zero-order valence-electron chi connectivity index (χ0n) is 13.0. The number of rotatable bonds is 4. The van der Waals surface area contributed by atoms with Gasteiger partial charge in [0.15, 0.2) is 5.78 Å². The van der Waals surface area contributed by atoms with Gasteiger partial charge in [-0.05, 0) is 36.1 Å². The number of Topliss-reactive ketones (excluding diaryl/α,β-unsaturated/α-hetero) is 1. The van der Waals surface area contributed by atoms with Gasteiger partial charge in [-0.3, -0.25) is 4.79 Å². The van der Waals surface area contributed by atoms with Crippen LogP contribution in [-0.2, 0) is 6.42 Å². The van der Waals surface area contributed by atoms with E-state index in [0.29, 0.717) is 4.99 Å². The first-order valence-corrected chi connectivity index (χ1v) is 8.88. The highest BCUT2D eigenvalue weighted by Gasteiger charge is 2.28. The number of aryl methyl sites for hydroxylation is 1. The highest BCUT2D eigenvalue weighted by Crippen LogP contribution is 2.37. The van der Waals surface area contributed by atoms with Crippen molar-refractivity contribution in [2.75, 3.05) is 7.05 Å². The van der Waals surface area contributed by atoms with Gasteiger partial charge in [-0.25, -0.2) is 0 Å². The second-order valence-electron chi connectivity index (χ2n) is 5.87. The van der Waals surface area contributed by atoms with Crippen LogP contribution >= 0.6 is 28.1 Å². The molecule has 1 atom stereocenters. The third-order valence-electron chi connectivity index (χ3n) is 4.42. The van der Waals surface area contributed by atoms with Crippen LogP contribution in [0.1, 0.15) is 40.4 Å². The van der Waals surface area contributed by atoms with E-state index in [9.17, 15) is 4.79 Å². The van der Waals surface area contributed by atoms with Crippen molar-refractivity contribution in [3.63, 3.8) is 0 Å². The van der Waals surface area contributed by atoms with Gasteiger partial charge < -0.3 is 4.90 Å². The molecule has 4 heteroatoms. The molecule has 0 bridgehead atoms. The van der Waals surface area contributed by atoms with Crippen molar-refractivity contribution < 1.29 is 4.79 Å². The van der Waals surface area contributed by atoms with Crippen LogP contribution in [0.2, 0.25) is 0 Å². The molecule has 0 spiro atoms. The molecular weight excluding hydrogens is 370 g/mol. The Labute approximate surface area is 150 Å². The molecule has 2 nitrogen and oxygen atoms in total. The molecule has 2 aromatic carbocycles. The molecule has 1 unspecified atom stereocenters. The van der Waals surface area contributed by atoms with Crippen LogP contribution in [-0.4, -0.2) is 22.7 Å². The third-order valence-corrected chi connectivity index (χ3v) is 5.35. The molecular formula is C19H18BrNOS. The molecule has 23 heavy (non-hydrogen) atoms. The van der Waals surface area contributed by atoms with Gasteiger partial charge in [-0.1, -0.05) is 64.5 Å². The van der Waals surface area contributed by atoms with E-state index in [1.165, 1.54) is 11.1 Å². The molecule has 118 valence electrons. The van der Waals surface area contributed by atoms with Crippen molar-refractivity contribution in [2.24, 2.45) is 0 Å². The zero-order chi connectivity index (χ0) is 16.4. The van der Waals surface area contributed by atoms with Gasteiger partial charge in [0.05, 0.1) is 17.5 Å². The quantitative estimate of drug-likeness (QED) is 0.545. The van der Waals surface area contributed by atoms with Gasteiger partial charge in [0.2, 0.25) is 0 Å². The lowest BCUT2D eigenvalue weighted by atomic mass is 10.1. The maximum Gasteiger partial charge on any atom is 0.169 e. The standard InChI is InChI=1S/C19H18BrNOS/c1-21(17-10-8-13-7-9-15(20)11-16(13)17)19(23)12-18(22)14-5-3-2-4-6-14/h2-7,9,11,17H,8,10,12H2,1H3. The molecule has 0 aliphatic heterocycles. The van der Waals surface area contributed by atoms with Crippen LogP contribution in [0, 0.1) is 0 Å². The largest absolute Gasteiger partial charge is 0.362 e. The van der Waals surface area contributed by atoms with Crippen LogP contribution in [0.4, 0.5) is 0 Å². The minimum absolute atomic E-state index is 0.0786. The number of fused-ring (bicyclic) bond motifs is 1. The van der Waals surface area contributed by atoms with Gasteiger partial charge in [-0.15, -0.1) is 0 Å². The Balaban J connectivity index is 1.72. The molecule has 0 saturated heterocycles. The smallest absolute Gasteiger partial charge is 0.169 e. The van der Waals surface area contributed by atoms with Crippen LogP contribution in [0.25, 0.3) is 0 Å². The van der Waals surface area contributed by atoms with E-state index >= 15 is 0 Å². The summed E-state index contributed by atoms with van der Waals surface area (Å²) in [6.45, 7) is 0. The molecule has 1 aliphatic rings. The Morgan fingerprint density at radius 3 is 2.74 bits per heavy atom. The van der Waals surface area contributed by atoms with Crippen molar-refractivity contribution in [3.8, 4) is 0 Å². The Hall–Kier alpha value is -1.52. The Morgan fingerprint density at radius 2 is 2.00 bits per heavy atom. The fourth-order valence-corrected chi connectivity index (χ4v) is 3.75. The normalized spacial score (nSPS) is 16.0. The predicted molar refractivity (Wildman–Crippen MR) is 101 cm³/mol. The van der Waals surface area contributed by atoms with Gasteiger partial charge in [0.1, 0.15) is 0 Å². The van der Waals surface area contributed by atoms with Gasteiger partial charge in [0, 0.05) is 17.1 Å². The van der Waals surface area contributed by atoms with Crippen molar-refractivity contribution in [1.82, 2.24) is 4.90 Å². The van der Waals surface area contributed by atoms with Gasteiger partial charge in [0.25, 0.3) is 0 Å². The number of nitrogens with zero attached hydrogens (tertiary/aromatic N) is 1. The van der Waals surface area contributed by atoms with Crippen LogP contribution in [0.5, 0.6) is 0 Å². The number of carbonyl (C=O) groups excluding carboxylic acids is 1. The maximum absolute atomic E-state index is 12.4. The van der Waals surface area contributed by atoms with E-state index in [2.05, 4.69) is 39.0 Å². The lowest BCUT2D eigenvalue weighted by molar-refractivity contribution is 0.0997. The molecule has 2 aromatic rings. The monoisotopic (exact) mass is 387 g/mol. The number of halogens is 1.